The lowest BCUT2D eigenvalue weighted by Gasteiger charge is -2.33. The minimum absolute atomic E-state index is 0.0149. The molecular formula is C16H30N2O2. The monoisotopic (exact) mass is 282 g/mol. The third-order valence-corrected chi connectivity index (χ3v) is 4.91. The van der Waals surface area contributed by atoms with E-state index in [1.54, 1.807) is 0 Å². The number of rotatable bonds is 6. The van der Waals surface area contributed by atoms with Crippen LogP contribution in [0.15, 0.2) is 0 Å². The van der Waals surface area contributed by atoms with Gasteiger partial charge in [-0.3, -0.25) is 4.79 Å². The molecule has 2 fully saturated rings. The zero-order valence-corrected chi connectivity index (χ0v) is 12.9. The predicted octanol–water partition coefficient (Wildman–Crippen LogP) is 2.06. The molecule has 1 atom stereocenters. The zero-order chi connectivity index (χ0) is 14.4. The van der Waals surface area contributed by atoms with Crippen LogP contribution in [-0.4, -0.2) is 47.2 Å². The number of hydrogen-bond donors (Lipinski definition) is 2. The minimum Gasteiger partial charge on any atom is -0.389 e. The topological polar surface area (TPSA) is 52.6 Å². The Bertz CT molecular complexity index is 314. The number of nitrogens with one attached hydrogen (secondary N) is 1. The fraction of sp³-hybridized carbons (Fsp3) is 0.938. The fourth-order valence-corrected chi connectivity index (χ4v) is 3.57. The second-order valence-corrected chi connectivity index (χ2v) is 6.69. The van der Waals surface area contributed by atoms with E-state index < -0.39 is 5.60 Å². The van der Waals surface area contributed by atoms with E-state index in [2.05, 4.69) is 17.1 Å². The first kappa shape index (κ1) is 15.8. The summed E-state index contributed by atoms with van der Waals surface area (Å²) in [6.07, 6.45) is 8.93. The van der Waals surface area contributed by atoms with Gasteiger partial charge in [-0.2, -0.15) is 0 Å². The van der Waals surface area contributed by atoms with Crippen LogP contribution in [0, 0.1) is 0 Å². The molecule has 0 spiro atoms. The first-order chi connectivity index (χ1) is 9.59. The van der Waals surface area contributed by atoms with Crippen LogP contribution in [0.5, 0.6) is 0 Å². The Balaban J connectivity index is 1.57. The summed E-state index contributed by atoms with van der Waals surface area (Å²) in [5.41, 5.74) is -0.717. The SMILES string of the molecule is CC1CCCCN1CCCNC(=O)CC1(O)CCCC1. The second-order valence-electron chi connectivity index (χ2n) is 6.69. The lowest BCUT2D eigenvalue weighted by atomic mass is 9.98. The quantitative estimate of drug-likeness (QED) is 0.733. The summed E-state index contributed by atoms with van der Waals surface area (Å²) < 4.78 is 0. The lowest BCUT2D eigenvalue weighted by molar-refractivity contribution is -0.125. The molecule has 2 aliphatic rings. The summed E-state index contributed by atoms with van der Waals surface area (Å²) in [5, 5.41) is 13.2. The maximum atomic E-state index is 11.8. The molecular weight excluding hydrogens is 252 g/mol. The second kappa shape index (κ2) is 7.41. The van der Waals surface area contributed by atoms with Gasteiger partial charge < -0.3 is 15.3 Å². The molecule has 0 bridgehead atoms. The van der Waals surface area contributed by atoms with Crippen molar-refractivity contribution in [2.45, 2.75) is 76.4 Å². The van der Waals surface area contributed by atoms with Gasteiger partial charge in [0.25, 0.3) is 0 Å². The summed E-state index contributed by atoms with van der Waals surface area (Å²) in [6.45, 7) is 5.31. The summed E-state index contributed by atoms with van der Waals surface area (Å²) in [6, 6.07) is 0.693. The van der Waals surface area contributed by atoms with Crippen LogP contribution in [-0.2, 0) is 4.79 Å². The molecule has 1 aliphatic carbocycles. The molecule has 1 amide bonds. The molecule has 2 rings (SSSR count). The first-order valence-electron chi connectivity index (χ1n) is 8.32. The van der Waals surface area contributed by atoms with Gasteiger partial charge in [-0.25, -0.2) is 0 Å². The van der Waals surface area contributed by atoms with Crippen molar-refractivity contribution in [1.82, 2.24) is 10.2 Å². The van der Waals surface area contributed by atoms with E-state index in [-0.39, 0.29) is 12.3 Å². The van der Waals surface area contributed by atoms with Gasteiger partial charge in [0.1, 0.15) is 0 Å². The van der Waals surface area contributed by atoms with Gasteiger partial charge >= 0.3 is 0 Å². The zero-order valence-electron chi connectivity index (χ0n) is 12.9. The van der Waals surface area contributed by atoms with Gasteiger partial charge in [0.05, 0.1) is 12.0 Å². The normalized spacial score (nSPS) is 26.6. The molecule has 4 heteroatoms. The van der Waals surface area contributed by atoms with E-state index in [0.717, 1.165) is 45.2 Å². The number of piperidine rings is 1. The Morgan fingerprint density at radius 3 is 2.75 bits per heavy atom. The Morgan fingerprint density at radius 1 is 1.30 bits per heavy atom. The predicted molar refractivity (Wildman–Crippen MR) is 80.5 cm³/mol. The van der Waals surface area contributed by atoms with Crippen molar-refractivity contribution in [2.75, 3.05) is 19.6 Å². The van der Waals surface area contributed by atoms with Gasteiger partial charge in [0.15, 0.2) is 0 Å². The Labute approximate surface area is 122 Å². The van der Waals surface area contributed by atoms with Crippen molar-refractivity contribution in [2.24, 2.45) is 0 Å². The van der Waals surface area contributed by atoms with E-state index >= 15 is 0 Å². The molecule has 1 aliphatic heterocycles. The van der Waals surface area contributed by atoms with Gasteiger partial charge in [-0.05, 0) is 45.6 Å². The maximum absolute atomic E-state index is 11.8. The highest BCUT2D eigenvalue weighted by molar-refractivity contribution is 5.77. The van der Waals surface area contributed by atoms with Crippen LogP contribution in [0.2, 0.25) is 0 Å². The van der Waals surface area contributed by atoms with Crippen LogP contribution < -0.4 is 5.32 Å². The van der Waals surface area contributed by atoms with Crippen molar-refractivity contribution >= 4 is 5.91 Å². The molecule has 116 valence electrons. The average Bonchev–Trinajstić information content (AvgIpc) is 2.83. The van der Waals surface area contributed by atoms with E-state index in [0.29, 0.717) is 6.04 Å². The molecule has 0 radical (unpaired) electrons. The fourth-order valence-electron chi connectivity index (χ4n) is 3.57. The molecule has 1 heterocycles. The van der Waals surface area contributed by atoms with Crippen molar-refractivity contribution in [3.8, 4) is 0 Å². The number of hydrogen-bond acceptors (Lipinski definition) is 3. The summed E-state index contributed by atoms with van der Waals surface area (Å²) in [4.78, 5) is 14.4. The minimum atomic E-state index is -0.717. The van der Waals surface area contributed by atoms with Gasteiger partial charge in [-0.1, -0.05) is 19.3 Å². The highest BCUT2D eigenvalue weighted by atomic mass is 16.3. The van der Waals surface area contributed by atoms with E-state index in [4.69, 9.17) is 0 Å². The van der Waals surface area contributed by atoms with Crippen LogP contribution in [0.3, 0.4) is 0 Å². The molecule has 1 unspecified atom stereocenters. The molecule has 2 N–H and O–H groups in total. The smallest absolute Gasteiger partial charge is 0.222 e. The maximum Gasteiger partial charge on any atom is 0.222 e. The van der Waals surface area contributed by atoms with Crippen molar-refractivity contribution in [3.05, 3.63) is 0 Å². The van der Waals surface area contributed by atoms with Crippen LogP contribution in [0.4, 0.5) is 0 Å². The molecule has 1 saturated carbocycles. The van der Waals surface area contributed by atoms with Crippen molar-refractivity contribution in [3.63, 3.8) is 0 Å². The lowest BCUT2D eigenvalue weighted by Crippen LogP contribution is -2.40. The number of nitrogens with zero attached hydrogens (tertiary/aromatic N) is 1. The Kier molecular flexibility index (Phi) is 5.85. The molecule has 1 saturated heterocycles. The number of likely N-dealkylation sites (tertiary alicyclic amines) is 1. The van der Waals surface area contributed by atoms with E-state index in [1.807, 2.05) is 0 Å². The molecule has 0 aromatic carbocycles. The van der Waals surface area contributed by atoms with E-state index in [9.17, 15) is 9.90 Å². The van der Waals surface area contributed by atoms with Gasteiger partial charge in [-0.15, -0.1) is 0 Å². The molecule has 20 heavy (non-hydrogen) atoms. The van der Waals surface area contributed by atoms with E-state index in [1.165, 1.54) is 25.8 Å². The summed E-state index contributed by atoms with van der Waals surface area (Å²) >= 11 is 0. The van der Waals surface area contributed by atoms with Crippen LogP contribution in [0.1, 0.15) is 64.7 Å². The molecule has 0 aromatic heterocycles. The third kappa shape index (κ3) is 4.74. The van der Waals surface area contributed by atoms with Crippen LogP contribution in [0.25, 0.3) is 0 Å². The third-order valence-electron chi connectivity index (χ3n) is 4.91. The van der Waals surface area contributed by atoms with Crippen molar-refractivity contribution in [1.29, 1.82) is 0 Å². The average molecular weight is 282 g/mol. The summed E-state index contributed by atoms with van der Waals surface area (Å²) in [7, 11) is 0. The molecule has 0 aromatic rings. The standard InChI is InChI=1S/C16H30N2O2/c1-14-7-2-5-11-18(14)12-6-10-17-15(19)13-16(20)8-3-4-9-16/h14,20H,2-13H2,1H3,(H,17,19). The highest BCUT2D eigenvalue weighted by Gasteiger charge is 2.33. The Morgan fingerprint density at radius 2 is 2.05 bits per heavy atom. The number of aliphatic hydroxyl groups is 1. The van der Waals surface area contributed by atoms with Gasteiger partial charge in [0.2, 0.25) is 5.91 Å². The summed E-state index contributed by atoms with van der Waals surface area (Å²) in [5.74, 6) is 0.0149. The van der Waals surface area contributed by atoms with Crippen LogP contribution >= 0.6 is 0 Å². The number of carbonyl (C=O) groups excluding carboxylic acids is 1. The highest BCUT2D eigenvalue weighted by Crippen LogP contribution is 2.32. The molecule has 4 nitrogen and oxygen atoms in total. The van der Waals surface area contributed by atoms with Crippen molar-refractivity contribution < 1.29 is 9.90 Å². The first-order valence-corrected chi connectivity index (χ1v) is 8.32. The number of amides is 1. The van der Waals surface area contributed by atoms with Gasteiger partial charge in [0, 0.05) is 19.1 Å². The largest absolute Gasteiger partial charge is 0.389 e. The Hall–Kier alpha value is -0.610. The number of carbonyl (C=O) groups is 1.